The first-order chi connectivity index (χ1) is 12.8. The second-order valence-corrected chi connectivity index (χ2v) is 6.08. The first-order valence-corrected chi connectivity index (χ1v) is 8.44. The lowest BCUT2D eigenvalue weighted by Crippen LogP contribution is -2.38. The highest BCUT2D eigenvalue weighted by atomic mass is 16.1. The molecule has 9 heteroatoms. The molecular weight excluding hydrogens is 332 g/mol. The highest BCUT2D eigenvalue weighted by Gasteiger charge is 2.26. The quantitative estimate of drug-likeness (QED) is 0.757. The maximum Gasteiger partial charge on any atom is 0.227 e. The molecule has 1 N–H and O–H groups in total. The Hall–Kier alpha value is -3.36. The Bertz CT molecular complexity index is 842. The summed E-state index contributed by atoms with van der Waals surface area (Å²) in [6.45, 7) is 1.53. The van der Waals surface area contributed by atoms with Crippen molar-refractivity contribution in [2.24, 2.45) is 5.92 Å². The molecule has 4 heterocycles. The van der Waals surface area contributed by atoms with Gasteiger partial charge in [-0.2, -0.15) is 5.10 Å². The van der Waals surface area contributed by atoms with Gasteiger partial charge in [0.2, 0.25) is 5.91 Å². The molecule has 0 radical (unpaired) electrons. The highest BCUT2D eigenvalue weighted by Crippen LogP contribution is 2.23. The van der Waals surface area contributed by atoms with Gasteiger partial charge in [0.1, 0.15) is 12.7 Å². The lowest BCUT2D eigenvalue weighted by atomic mass is 9.96. The molecule has 0 aliphatic carbocycles. The average molecular weight is 350 g/mol. The number of aromatic nitrogens is 6. The van der Waals surface area contributed by atoms with E-state index in [0.29, 0.717) is 5.82 Å². The number of carbonyl (C=O) groups excluding carboxylic acids is 1. The summed E-state index contributed by atoms with van der Waals surface area (Å²) < 4.78 is 1.56. The van der Waals surface area contributed by atoms with Crippen LogP contribution < -0.4 is 10.2 Å². The fourth-order valence-corrected chi connectivity index (χ4v) is 2.99. The van der Waals surface area contributed by atoms with Gasteiger partial charge in [-0.25, -0.2) is 9.67 Å². The predicted octanol–water partition coefficient (Wildman–Crippen LogP) is 1.31. The van der Waals surface area contributed by atoms with Gasteiger partial charge in [0.25, 0.3) is 0 Å². The Kier molecular flexibility index (Phi) is 4.50. The van der Waals surface area contributed by atoms with E-state index in [2.05, 4.69) is 35.5 Å². The fraction of sp³-hybridized carbons (Fsp3) is 0.294. The van der Waals surface area contributed by atoms with Gasteiger partial charge in [-0.15, -0.1) is 10.2 Å². The van der Waals surface area contributed by atoms with E-state index >= 15 is 0 Å². The summed E-state index contributed by atoms with van der Waals surface area (Å²) in [6, 6.07) is 7.42. The van der Waals surface area contributed by atoms with E-state index < -0.39 is 0 Å². The molecule has 0 atom stereocenters. The van der Waals surface area contributed by atoms with E-state index in [4.69, 9.17) is 0 Å². The number of nitrogens with one attached hydrogen (secondary N) is 1. The van der Waals surface area contributed by atoms with Crippen molar-refractivity contribution in [3.63, 3.8) is 0 Å². The van der Waals surface area contributed by atoms with Crippen LogP contribution in [-0.2, 0) is 4.79 Å². The van der Waals surface area contributed by atoms with Gasteiger partial charge in [0.15, 0.2) is 11.6 Å². The van der Waals surface area contributed by atoms with Crippen LogP contribution in [0.5, 0.6) is 0 Å². The average Bonchev–Trinajstić information content (AvgIpc) is 3.24. The van der Waals surface area contributed by atoms with Crippen LogP contribution in [0.15, 0.2) is 49.3 Å². The van der Waals surface area contributed by atoms with Crippen LogP contribution in [0.3, 0.4) is 0 Å². The molecule has 1 fully saturated rings. The molecule has 4 rings (SSSR count). The van der Waals surface area contributed by atoms with Crippen molar-refractivity contribution < 1.29 is 4.79 Å². The molecule has 0 bridgehead atoms. The van der Waals surface area contributed by atoms with Gasteiger partial charge in [-0.3, -0.25) is 9.78 Å². The standard InChI is InChI=1S/C17H18N8O/c26-17(21-14-2-1-7-18-10-14)13-5-8-24(9-6-13)15-3-4-16(23-22-15)25-12-19-11-20-25/h1-4,7,10-13H,5-6,8-9H2,(H,21,26). The molecule has 9 nitrogen and oxygen atoms in total. The zero-order valence-corrected chi connectivity index (χ0v) is 14.1. The van der Waals surface area contributed by atoms with E-state index in [-0.39, 0.29) is 11.8 Å². The third-order valence-electron chi connectivity index (χ3n) is 4.41. The minimum atomic E-state index is -0.00571. The maximum atomic E-state index is 12.4. The van der Waals surface area contributed by atoms with Crippen molar-refractivity contribution in [1.82, 2.24) is 29.9 Å². The number of pyridine rings is 1. The number of carbonyl (C=O) groups is 1. The van der Waals surface area contributed by atoms with Crippen molar-refractivity contribution in [2.45, 2.75) is 12.8 Å². The molecule has 1 aliphatic rings. The molecule has 26 heavy (non-hydrogen) atoms. The molecule has 0 saturated carbocycles. The van der Waals surface area contributed by atoms with Crippen molar-refractivity contribution in [2.75, 3.05) is 23.3 Å². The zero-order valence-electron chi connectivity index (χ0n) is 14.1. The Labute approximate surface area is 150 Å². The molecule has 132 valence electrons. The van der Waals surface area contributed by atoms with Crippen molar-refractivity contribution in [3.05, 3.63) is 49.3 Å². The van der Waals surface area contributed by atoms with Crippen LogP contribution in [-0.4, -0.2) is 48.9 Å². The summed E-state index contributed by atoms with van der Waals surface area (Å²) >= 11 is 0. The number of rotatable bonds is 4. The summed E-state index contributed by atoms with van der Waals surface area (Å²) in [5.74, 6) is 1.47. The van der Waals surface area contributed by atoms with E-state index in [1.165, 1.54) is 6.33 Å². The highest BCUT2D eigenvalue weighted by molar-refractivity contribution is 5.92. The molecule has 3 aromatic heterocycles. The number of anilines is 2. The third-order valence-corrected chi connectivity index (χ3v) is 4.41. The van der Waals surface area contributed by atoms with Crippen molar-refractivity contribution in [3.8, 4) is 5.82 Å². The Morgan fingerprint density at radius 3 is 2.54 bits per heavy atom. The first kappa shape index (κ1) is 16.1. The minimum Gasteiger partial charge on any atom is -0.355 e. The second kappa shape index (κ2) is 7.26. The number of hydrogen-bond acceptors (Lipinski definition) is 7. The first-order valence-electron chi connectivity index (χ1n) is 8.44. The summed E-state index contributed by atoms with van der Waals surface area (Å²) in [4.78, 5) is 22.4. The van der Waals surface area contributed by atoms with Crippen LogP contribution in [0.2, 0.25) is 0 Å². The number of nitrogens with zero attached hydrogens (tertiary/aromatic N) is 7. The van der Waals surface area contributed by atoms with Gasteiger partial charge >= 0.3 is 0 Å². The SMILES string of the molecule is O=C(Nc1cccnc1)C1CCN(c2ccc(-n3cncn3)nn2)CC1. The molecule has 3 aromatic rings. The normalized spacial score (nSPS) is 15.0. The lowest BCUT2D eigenvalue weighted by Gasteiger charge is -2.31. The largest absolute Gasteiger partial charge is 0.355 e. The van der Waals surface area contributed by atoms with Crippen molar-refractivity contribution in [1.29, 1.82) is 0 Å². The van der Waals surface area contributed by atoms with Gasteiger partial charge in [-0.1, -0.05) is 0 Å². The molecule has 0 unspecified atom stereocenters. The van der Waals surface area contributed by atoms with E-state index in [1.54, 1.807) is 29.5 Å². The summed E-state index contributed by atoms with van der Waals surface area (Å²) in [7, 11) is 0. The van der Waals surface area contributed by atoms with Crippen LogP contribution >= 0.6 is 0 Å². The number of amides is 1. The summed E-state index contributed by atoms with van der Waals surface area (Å²) in [6.07, 6.45) is 7.92. The zero-order chi connectivity index (χ0) is 17.8. The van der Waals surface area contributed by atoms with Crippen LogP contribution in [0.1, 0.15) is 12.8 Å². The van der Waals surface area contributed by atoms with Crippen LogP contribution in [0.25, 0.3) is 5.82 Å². The molecule has 1 aliphatic heterocycles. The Balaban J connectivity index is 1.34. The van der Waals surface area contributed by atoms with Gasteiger partial charge < -0.3 is 10.2 Å². The van der Waals surface area contributed by atoms with E-state index in [1.807, 2.05) is 18.2 Å². The smallest absolute Gasteiger partial charge is 0.227 e. The number of hydrogen-bond donors (Lipinski definition) is 1. The van der Waals surface area contributed by atoms with Gasteiger partial charge in [0, 0.05) is 25.2 Å². The fourth-order valence-electron chi connectivity index (χ4n) is 2.99. The van der Waals surface area contributed by atoms with Gasteiger partial charge in [-0.05, 0) is 37.1 Å². The third kappa shape index (κ3) is 3.51. The minimum absolute atomic E-state index is 0.00571. The monoisotopic (exact) mass is 350 g/mol. The maximum absolute atomic E-state index is 12.4. The van der Waals surface area contributed by atoms with E-state index in [9.17, 15) is 4.79 Å². The molecule has 0 aromatic carbocycles. The topological polar surface area (TPSA) is 102 Å². The lowest BCUT2D eigenvalue weighted by molar-refractivity contribution is -0.120. The molecule has 1 amide bonds. The molecular formula is C17H18N8O. The number of piperidine rings is 1. The van der Waals surface area contributed by atoms with Crippen molar-refractivity contribution >= 4 is 17.4 Å². The van der Waals surface area contributed by atoms with Crippen LogP contribution in [0.4, 0.5) is 11.5 Å². The molecule has 1 saturated heterocycles. The Morgan fingerprint density at radius 2 is 1.88 bits per heavy atom. The Morgan fingerprint density at radius 1 is 1.08 bits per heavy atom. The summed E-state index contributed by atoms with van der Waals surface area (Å²) in [5.41, 5.74) is 0.731. The summed E-state index contributed by atoms with van der Waals surface area (Å²) in [5, 5.41) is 15.4. The predicted molar refractivity (Wildman–Crippen MR) is 94.8 cm³/mol. The second-order valence-electron chi connectivity index (χ2n) is 6.08. The molecule has 0 spiro atoms. The van der Waals surface area contributed by atoms with Gasteiger partial charge in [0.05, 0.1) is 11.9 Å². The van der Waals surface area contributed by atoms with E-state index in [0.717, 1.165) is 37.4 Å². The van der Waals surface area contributed by atoms with Crippen LogP contribution in [0, 0.1) is 5.92 Å².